The van der Waals surface area contributed by atoms with Crippen LogP contribution in [0.3, 0.4) is 0 Å². The zero-order valence-electron chi connectivity index (χ0n) is 13.5. The van der Waals surface area contributed by atoms with Crippen LogP contribution in [0.4, 0.5) is 0 Å². The molecule has 3 nitrogen and oxygen atoms in total. The summed E-state index contributed by atoms with van der Waals surface area (Å²) in [5.41, 5.74) is 7.35. The summed E-state index contributed by atoms with van der Waals surface area (Å²) in [7, 11) is 0. The first-order valence-electron chi connectivity index (χ1n) is 8.11. The third-order valence-corrected chi connectivity index (χ3v) is 4.99. The molecule has 3 heteroatoms. The van der Waals surface area contributed by atoms with Gasteiger partial charge in [0.2, 0.25) is 0 Å². The molecule has 1 aliphatic rings. The second kappa shape index (κ2) is 6.77. The van der Waals surface area contributed by atoms with Crippen LogP contribution in [0.2, 0.25) is 0 Å². The van der Waals surface area contributed by atoms with Gasteiger partial charge in [-0.25, -0.2) is 0 Å². The van der Waals surface area contributed by atoms with Gasteiger partial charge < -0.3 is 10.2 Å². The summed E-state index contributed by atoms with van der Waals surface area (Å²) in [6.45, 7) is 10.6. The first kappa shape index (κ1) is 15.6. The molecule has 0 saturated heterocycles. The van der Waals surface area contributed by atoms with Crippen LogP contribution in [0.1, 0.15) is 62.7 Å². The topological polar surface area (TPSA) is 42.4 Å². The van der Waals surface area contributed by atoms with Crippen LogP contribution in [0.25, 0.3) is 0 Å². The van der Waals surface area contributed by atoms with E-state index >= 15 is 0 Å². The summed E-state index contributed by atoms with van der Waals surface area (Å²) in [4.78, 5) is 2.63. The summed E-state index contributed by atoms with van der Waals surface area (Å²) >= 11 is 0. The van der Waals surface area contributed by atoms with E-state index in [2.05, 4.69) is 31.7 Å². The third-order valence-electron chi connectivity index (χ3n) is 4.99. The Bertz CT molecular complexity index is 427. The SMILES string of the molecule is CCN(C(C)c1cc(C)oc1C)C1CCCCC1CN. The van der Waals surface area contributed by atoms with Crippen LogP contribution >= 0.6 is 0 Å². The van der Waals surface area contributed by atoms with E-state index in [1.165, 1.54) is 31.2 Å². The molecule has 0 spiro atoms. The third kappa shape index (κ3) is 3.09. The molecule has 1 aromatic heterocycles. The van der Waals surface area contributed by atoms with Crippen molar-refractivity contribution in [3.63, 3.8) is 0 Å². The lowest BCUT2D eigenvalue weighted by Gasteiger charge is -2.42. The number of nitrogens with zero attached hydrogens (tertiary/aromatic N) is 1. The highest BCUT2D eigenvalue weighted by Crippen LogP contribution is 2.34. The Labute approximate surface area is 123 Å². The average Bonchev–Trinajstić information content (AvgIpc) is 2.79. The predicted molar refractivity (Wildman–Crippen MR) is 83.8 cm³/mol. The average molecular weight is 278 g/mol. The van der Waals surface area contributed by atoms with Gasteiger partial charge in [-0.2, -0.15) is 0 Å². The second-order valence-electron chi connectivity index (χ2n) is 6.22. The lowest BCUT2D eigenvalue weighted by molar-refractivity contribution is 0.0764. The van der Waals surface area contributed by atoms with E-state index in [0.29, 0.717) is 18.0 Å². The molecule has 1 aliphatic carbocycles. The molecule has 0 bridgehead atoms. The molecule has 3 unspecified atom stereocenters. The van der Waals surface area contributed by atoms with Gasteiger partial charge in [-0.1, -0.05) is 19.8 Å². The van der Waals surface area contributed by atoms with E-state index in [1.54, 1.807) is 0 Å². The van der Waals surface area contributed by atoms with Crippen LogP contribution in [-0.4, -0.2) is 24.0 Å². The highest BCUT2D eigenvalue weighted by atomic mass is 16.3. The van der Waals surface area contributed by atoms with Gasteiger partial charge in [-0.3, -0.25) is 4.90 Å². The van der Waals surface area contributed by atoms with Crippen LogP contribution in [0.15, 0.2) is 10.5 Å². The van der Waals surface area contributed by atoms with Crippen molar-refractivity contribution in [3.8, 4) is 0 Å². The van der Waals surface area contributed by atoms with Crippen LogP contribution < -0.4 is 5.73 Å². The Morgan fingerprint density at radius 2 is 2.05 bits per heavy atom. The lowest BCUT2D eigenvalue weighted by atomic mass is 9.82. The molecular weight excluding hydrogens is 248 g/mol. The molecule has 20 heavy (non-hydrogen) atoms. The second-order valence-corrected chi connectivity index (χ2v) is 6.22. The summed E-state index contributed by atoms with van der Waals surface area (Å²) in [6, 6.07) is 3.24. The normalized spacial score (nSPS) is 25.1. The summed E-state index contributed by atoms with van der Waals surface area (Å²) in [5.74, 6) is 2.73. The minimum Gasteiger partial charge on any atom is -0.466 e. The van der Waals surface area contributed by atoms with Crippen molar-refractivity contribution < 1.29 is 4.42 Å². The molecule has 3 atom stereocenters. The first-order chi connectivity index (χ1) is 9.58. The maximum Gasteiger partial charge on any atom is 0.105 e. The Morgan fingerprint density at radius 1 is 1.35 bits per heavy atom. The zero-order valence-corrected chi connectivity index (χ0v) is 13.5. The van der Waals surface area contributed by atoms with Crippen LogP contribution in [-0.2, 0) is 0 Å². The van der Waals surface area contributed by atoms with Gasteiger partial charge in [0.1, 0.15) is 11.5 Å². The van der Waals surface area contributed by atoms with Crippen molar-refractivity contribution in [2.75, 3.05) is 13.1 Å². The quantitative estimate of drug-likeness (QED) is 0.891. The molecule has 1 heterocycles. The predicted octanol–water partition coefficient (Wildman–Crippen LogP) is 3.80. The minimum atomic E-state index is 0.412. The van der Waals surface area contributed by atoms with E-state index in [1.807, 2.05) is 6.92 Å². The van der Waals surface area contributed by atoms with Gasteiger partial charge in [0, 0.05) is 17.6 Å². The smallest absolute Gasteiger partial charge is 0.105 e. The standard InChI is InChI=1S/C17H30N2O/c1-5-19(17-9-7-6-8-15(17)11-18)13(3)16-10-12(2)20-14(16)4/h10,13,15,17H,5-9,11,18H2,1-4H3. The number of furan rings is 1. The van der Waals surface area contributed by atoms with Gasteiger partial charge in [0.25, 0.3) is 0 Å². The Kier molecular flexibility index (Phi) is 5.28. The van der Waals surface area contributed by atoms with Gasteiger partial charge in [-0.15, -0.1) is 0 Å². The largest absolute Gasteiger partial charge is 0.466 e. The molecule has 1 aromatic rings. The van der Waals surface area contributed by atoms with E-state index < -0.39 is 0 Å². The van der Waals surface area contributed by atoms with Crippen molar-refractivity contribution in [3.05, 3.63) is 23.2 Å². The minimum absolute atomic E-state index is 0.412. The van der Waals surface area contributed by atoms with Crippen molar-refractivity contribution >= 4 is 0 Å². The van der Waals surface area contributed by atoms with Crippen LogP contribution in [0.5, 0.6) is 0 Å². The van der Waals surface area contributed by atoms with Crippen molar-refractivity contribution in [1.82, 2.24) is 4.90 Å². The maximum atomic E-state index is 6.01. The molecule has 0 amide bonds. The summed E-state index contributed by atoms with van der Waals surface area (Å²) < 4.78 is 5.72. The van der Waals surface area contributed by atoms with Crippen LogP contribution in [0, 0.1) is 19.8 Å². The highest BCUT2D eigenvalue weighted by Gasteiger charge is 2.32. The fraction of sp³-hybridized carbons (Fsp3) is 0.765. The molecule has 2 rings (SSSR count). The molecule has 1 saturated carbocycles. The van der Waals surface area contributed by atoms with Crippen molar-refractivity contribution in [1.29, 1.82) is 0 Å². The number of nitrogens with two attached hydrogens (primary N) is 1. The van der Waals surface area contributed by atoms with Gasteiger partial charge in [-0.05, 0) is 58.7 Å². The number of hydrogen-bond acceptors (Lipinski definition) is 3. The Morgan fingerprint density at radius 3 is 2.60 bits per heavy atom. The Hall–Kier alpha value is -0.800. The van der Waals surface area contributed by atoms with Crippen molar-refractivity contribution in [2.24, 2.45) is 11.7 Å². The number of rotatable bonds is 5. The zero-order chi connectivity index (χ0) is 14.7. The molecule has 2 N–H and O–H groups in total. The summed E-state index contributed by atoms with van der Waals surface area (Å²) in [5, 5.41) is 0. The molecule has 0 aromatic carbocycles. The highest BCUT2D eigenvalue weighted by molar-refractivity contribution is 5.24. The molecule has 114 valence electrons. The maximum absolute atomic E-state index is 6.01. The first-order valence-corrected chi connectivity index (χ1v) is 8.11. The van der Waals surface area contributed by atoms with Gasteiger partial charge in [0.05, 0.1) is 0 Å². The molecule has 0 aliphatic heterocycles. The fourth-order valence-electron chi connectivity index (χ4n) is 3.94. The van der Waals surface area contributed by atoms with Gasteiger partial charge >= 0.3 is 0 Å². The number of hydrogen-bond donors (Lipinski definition) is 1. The van der Waals surface area contributed by atoms with Crippen molar-refractivity contribution in [2.45, 2.75) is 65.5 Å². The molecule has 0 radical (unpaired) electrons. The summed E-state index contributed by atoms with van der Waals surface area (Å²) in [6.07, 6.45) is 5.26. The number of aryl methyl sites for hydroxylation is 2. The van der Waals surface area contributed by atoms with E-state index in [9.17, 15) is 0 Å². The van der Waals surface area contributed by atoms with Gasteiger partial charge in [0.15, 0.2) is 0 Å². The monoisotopic (exact) mass is 278 g/mol. The Balaban J connectivity index is 2.20. The molecule has 1 fully saturated rings. The van der Waals surface area contributed by atoms with E-state index in [0.717, 1.165) is 24.6 Å². The lowest BCUT2D eigenvalue weighted by Crippen LogP contribution is -2.46. The van der Waals surface area contributed by atoms with E-state index in [4.69, 9.17) is 10.2 Å². The van der Waals surface area contributed by atoms with E-state index in [-0.39, 0.29) is 0 Å². The fourth-order valence-corrected chi connectivity index (χ4v) is 3.94. The molecular formula is C17H30N2O.